The quantitative estimate of drug-likeness (QED) is 0.543. The van der Waals surface area contributed by atoms with Crippen LogP contribution in [-0.2, 0) is 0 Å². The normalized spacial score (nSPS) is 10.7. The Morgan fingerprint density at radius 3 is 2.59 bits per heavy atom. The first-order valence-corrected chi connectivity index (χ1v) is 8.54. The molecule has 2 aromatic carbocycles. The van der Waals surface area contributed by atoms with Crippen molar-refractivity contribution in [3.63, 3.8) is 0 Å². The van der Waals surface area contributed by atoms with Crippen LogP contribution in [0, 0.1) is 0 Å². The van der Waals surface area contributed by atoms with E-state index in [2.05, 4.69) is 20.4 Å². The first kappa shape index (κ1) is 16.8. The number of fused-ring (bicyclic) bond motifs is 1. The largest absolute Gasteiger partial charge is 0.496 e. The van der Waals surface area contributed by atoms with Crippen LogP contribution in [0.15, 0.2) is 59.4 Å². The van der Waals surface area contributed by atoms with E-state index < -0.39 is 0 Å². The fraction of sp³-hybridized carbons (Fsp3) is 0.150. The van der Waals surface area contributed by atoms with Crippen LogP contribution in [0.4, 0.5) is 11.5 Å². The summed E-state index contributed by atoms with van der Waals surface area (Å²) >= 11 is 0. The molecule has 1 N–H and O–H groups in total. The van der Waals surface area contributed by atoms with Crippen LogP contribution in [0.1, 0.15) is 6.92 Å². The van der Waals surface area contributed by atoms with Crippen LogP contribution < -0.4 is 14.8 Å². The summed E-state index contributed by atoms with van der Waals surface area (Å²) in [5.74, 6) is 2.01. The van der Waals surface area contributed by atoms with Crippen LogP contribution in [0.2, 0.25) is 0 Å². The fourth-order valence-electron chi connectivity index (χ4n) is 2.88. The smallest absolute Gasteiger partial charge is 0.263 e. The highest BCUT2D eigenvalue weighted by atomic mass is 16.5. The SMILES string of the molecule is CCOc1ccccc1Nc1ncnc2onc(-c3ccccc3OC)c12. The van der Waals surface area contributed by atoms with Gasteiger partial charge in [-0.2, -0.15) is 4.98 Å². The Labute approximate surface area is 156 Å². The number of nitrogens with one attached hydrogen (secondary N) is 1. The van der Waals surface area contributed by atoms with Crippen molar-refractivity contribution < 1.29 is 14.0 Å². The third-order valence-electron chi connectivity index (χ3n) is 4.07. The Hall–Kier alpha value is -3.61. The Bertz CT molecular complexity index is 1080. The molecule has 0 saturated heterocycles. The molecule has 7 heteroatoms. The van der Waals surface area contributed by atoms with Gasteiger partial charge in [-0.1, -0.05) is 29.4 Å². The van der Waals surface area contributed by atoms with Crippen molar-refractivity contribution in [2.24, 2.45) is 0 Å². The molecular formula is C20H18N4O3. The van der Waals surface area contributed by atoms with E-state index >= 15 is 0 Å². The number of hydrogen-bond donors (Lipinski definition) is 1. The van der Waals surface area contributed by atoms with Crippen molar-refractivity contribution in [2.75, 3.05) is 19.0 Å². The second-order valence-electron chi connectivity index (χ2n) is 5.69. The maximum absolute atomic E-state index is 5.69. The standard InChI is InChI=1S/C20H18N4O3/c1-3-26-16-11-7-5-9-14(16)23-19-17-18(24-27-20(17)22-12-21-19)13-8-4-6-10-15(13)25-2/h4-12H,3H2,1-2H3,(H,21,22,23). The summed E-state index contributed by atoms with van der Waals surface area (Å²) in [6, 6.07) is 15.3. The molecule has 2 heterocycles. The Balaban J connectivity index is 1.85. The first-order valence-electron chi connectivity index (χ1n) is 8.54. The zero-order chi connectivity index (χ0) is 18.6. The third kappa shape index (κ3) is 3.15. The highest BCUT2D eigenvalue weighted by Gasteiger charge is 2.20. The van der Waals surface area contributed by atoms with Gasteiger partial charge in [-0.05, 0) is 31.2 Å². The minimum absolute atomic E-state index is 0.391. The second-order valence-corrected chi connectivity index (χ2v) is 5.69. The lowest BCUT2D eigenvalue weighted by Gasteiger charge is -2.12. The number of nitrogens with zero attached hydrogens (tertiary/aromatic N) is 3. The summed E-state index contributed by atoms with van der Waals surface area (Å²) in [5, 5.41) is 8.20. The van der Waals surface area contributed by atoms with Crippen molar-refractivity contribution in [3.05, 3.63) is 54.9 Å². The molecule has 0 fully saturated rings. The maximum atomic E-state index is 5.69. The van der Waals surface area contributed by atoms with Gasteiger partial charge < -0.3 is 19.3 Å². The summed E-state index contributed by atoms with van der Waals surface area (Å²) in [5.41, 5.74) is 2.60. The highest BCUT2D eigenvalue weighted by Crippen LogP contribution is 2.38. The maximum Gasteiger partial charge on any atom is 0.263 e. The van der Waals surface area contributed by atoms with E-state index in [1.807, 2.05) is 55.5 Å². The summed E-state index contributed by atoms with van der Waals surface area (Å²) in [4.78, 5) is 8.59. The molecule has 0 atom stereocenters. The zero-order valence-electron chi connectivity index (χ0n) is 15.0. The average Bonchev–Trinajstić information content (AvgIpc) is 3.14. The molecule has 0 saturated carbocycles. The van der Waals surface area contributed by atoms with Gasteiger partial charge in [-0.25, -0.2) is 4.98 Å². The molecule has 0 radical (unpaired) electrons. The number of para-hydroxylation sites is 3. The van der Waals surface area contributed by atoms with Crippen LogP contribution in [0.25, 0.3) is 22.4 Å². The highest BCUT2D eigenvalue weighted by molar-refractivity contribution is 6.00. The molecule has 4 aromatic rings. The lowest BCUT2D eigenvalue weighted by Crippen LogP contribution is -2.00. The number of rotatable bonds is 6. The number of ether oxygens (including phenoxy) is 2. The van der Waals surface area contributed by atoms with Crippen molar-refractivity contribution in [1.29, 1.82) is 0 Å². The van der Waals surface area contributed by atoms with Gasteiger partial charge in [0.25, 0.3) is 5.71 Å². The average molecular weight is 362 g/mol. The predicted octanol–water partition coefficient (Wildman–Crippen LogP) is 4.44. The fourth-order valence-corrected chi connectivity index (χ4v) is 2.88. The van der Waals surface area contributed by atoms with Crippen molar-refractivity contribution in [1.82, 2.24) is 15.1 Å². The molecule has 2 aromatic heterocycles. The number of anilines is 2. The first-order chi connectivity index (χ1) is 13.3. The molecule has 27 heavy (non-hydrogen) atoms. The van der Waals surface area contributed by atoms with Gasteiger partial charge in [0, 0.05) is 5.56 Å². The summed E-state index contributed by atoms with van der Waals surface area (Å²) < 4.78 is 16.6. The minimum Gasteiger partial charge on any atom is -0.496 e. The van der Waals surface area contributed by atoms with Crippen LogP contribution in [0.3, 0.4) is 0 Å². The second kappa shape index (κ2) is 7.33. The van der Waals surface area contributed by atoms with E-state index in [0.717, 1.165) is 17.0 Å². The topological polar surface area (TPSA) is 82.3 Å². The zero-order valence-corrected chi connectivity index (χ0v) is 15.0. The van der Waals surface area contributed by atoms with Gasteiger partial charge in [0.2, 0.25) is 0 Å². The number of aromatic nitrogens is 3. The van der Waals surface area contributed by atoms with E-state index in [9.17, 15) is 0 Å². The summed E-state index contributed by atoms with van der Waals surface area (Å²) in [7, 11) is 1.62. The lowest BCUT2D eigenvalue weighted by atomic mass is 10.1. The Morgan fingerprint density at radius 1 is 1.00 bits per heavy atom. The monoisotopic (exact) mass is 362 g/mol. The van der Waals surface area contributed by atoms with Gasteiger partial charge in [-0.15, -0.1) is 0 Å². The van der Waals surface area contributed by atoms with E-state index in [0.29, 0.717) is 35.0 Å². The molecule has 0 aliphatic heterocycles. The Kier molecular flexibility index (Phi) is 4.57. The van der Waals surface area contributed by atoms with Crippen LogP contribution in [-0.4, -0.2) is 28.8 Å². The van der Waals surface area contributed by atoms with E-state index in [4.69, 9.17) is 14.0 Å². The molecule has 0 unspecified atom stereocenters. The van der Waals surface area contributed by atoms with Crippen LogP contribution >= 0.6 is 0 Å². The van der Waals surface area contributed by atoms with E-state index in [-0.39, 0.29) is 0 Å². The molecule has 0 aliphatic carbocycles. The minimum atomic E-state index is 0.391. The molecule has 136 valence electrons. The number of methoxy groups -OCH3 is 1. The third-order valence-corrected chi connectivity index (χ3v) is 4.07. The molecule has 0 aliphatic rings. The molecule has 7 nitrogen and oxygen atoms in total. The van der Waals surface area contributed by atoms with Crippen LogP contribution in [0.5, 0.6) is 11.5 Å². The van der Waals surface area contributed by atoms with Gasteiger partial charge >= 0.3 is 0 Å². The van der Waals surface area contributed by atoms with Gasteiger partial charge in [0.15, 0.2) is 0 Å². The van der Waals surface area contributed by atoms with E-state index in [1.54, 1.807) is 7.11 Å². The molecule has 0 amide bonds. The molecule has 4 rings (SSSR count). The molecular weight excluding hydrogens is 344 g/mol. The summed E-state index contributed by atoms with van der Waals surface area (Å²) in [6.45, 7) is 2.51. The van der Waals surface area contributed by atoms with E-state index in [1.165, 1.54) is 6.33 Å². The number of benzene rings is 2. The predicted molar refractivity (Wildman–Crippen MR) is 102 cm³/mol. The Morgan fingerprint density at radius 2 is 1.78 bits per heavy atom. The summed E-state index contributed by atoms with van der Waals surface area (Å²) in [6.07, 6.45) is 1.44. The van der Waals surface area contributed by atoms with Crippen molar-refractivity contribution in [2.45, 2.75) is 6.92 Å². The molecule has 0 spiro atoms. The van der Waals surface area contributed by atoms with Crippen molar-refractivity contribution >= 4 is 22.6 Å². The van der Waals surface area contributed by atoms with Crippen molar-refractivity contribution in [3.8, 4) is 22.8 Å². The van der Waals surface area contributed by atoms with Gasteiger partial charge in [0.05, 0.1) is 19.4 Å². The lowest BCUT2D eigenvalue weighted by molar-refractivity contribution is 0.342. The molecule has 0 bridgehead atoms. The number of hydrogen-bond acceptors (Lipinski definition) is 7. The van der Waals surface area contributed by atoms with Gasteiger partial charge in [-0.3, -0.25) is 0 Å². The van der Waals surface area contributed by atoms with Gasteiger partial charge in [0.1, 0.15) is 34.7 Å².